The number of piperazine rings is 1. The maximum atomic E-state index is 13.5. The minimum Gasteiger partial charge on any atom is -0.340 e. The minimum atomic E-state index is -0.178. The Bertz CT molecular complexity index is 464. The van der Waals surface area contributed by atoms with E-state index in [-0.39, 0.29) is 17.6 Å². The quantitative estimate of drug-likeness (QED) is 0.916. The molecular weight excluding hydrogens is 255 g/mol. The van der Waals surface area contributed by atoms with Crippen molar-refractivity contribution in [3.63, 3.8) is 0 Å². The molecule has 1 fully saturated rings. The average molecular weight is 278 g/mol. The number of amides is 1. The highest BCUT2D eigenvalue weighted by Crippen LogP contribution is 2.15. The van der Waals surface area contributed by atoms with Crippen molar-refractivity contribution in [2.75, 3.05) is 19.6 Å². The number of nitrogens with zero attached hydrogens (tertiary/aromatic N) is 1. The summed E-state index contributed by atoms with van der Waals surface area (Å²) < 4.78 is 13.5. The van der Waals surface area contributed by atoms with Crippen LogP contribution < -0.4 is 5.32 Å². The first-order chi connectivity index (χ1) is 9.58. The number of aryl methyl sites for hydroxylation is 1. The second kappa shape index (κ2) is 6.84. The summed E-state index contributed by atoms with van der Waals surface area (Å²) in [5, 5.41) is 3.33. The van der Waals surface area contributed by atoms with Gasteiger partial charge in [0.15, 0.2) is 0 Å². The van der Waals surface area contributed by atoms with E-state index < -0.39 is 0 Å². The summed E-state index contributed by atoms with van der Waals surface area (Å²) in [5.41, 5.74) is 0.695. The Hall–Kier alpha value is -1.42. The van der Waals surface area contributed by atoms with Gasteiger partial charge in [-0.25, -0.2) is 4.39 Å². The molecule has 1 aliphatic heterocycles. The lowest BCUT2D eigenvalue weighted by Crippen LogP contribution is -2.52. The van der Waals surface area contributed by atoms with Gasteiger partial charge in [-0.05, 0) is 31.4 Å². The second-order valence-electron chi connectivity index (χ2n) is 5.67. The van der Waals surface area contributed by atoms with E-state index in [1.807, 2.05) is 17.9 Å². The van der Waals surface area contributed by atoms with Crippen molar-refractivity contribution >= 4 is 5.91 Å². The van der Waals surface area contributed by atoms with E-state index in [0.717, 1.165) is 19.6 Å². The van der Waals surface area contributed by atoms with E-state index in [1.165, 1.54) is 6.07 Å². The van der Waals surface area contributed by atoms with Crippen molar-refractivity contribution in [3.05, 3.63) is 35.6 Å². The van der Waals surface area contributed by atoms with Crippen LogP contribution >= 0.6 is 0 Å². The number of rotatable bonds is 4. The Labute approximate surface area is 120 Å². The third kappa shape index (κ3) is 3.79. The Morgan fingerprint density at radius 3 is 2.95 bits per heavy atom. The first kappa shape index (κ1) is 15.0. The lowest BCUT2D eigenvalue weighted by Gasteiger charge is -2.33. The van der Waals surface area contributed by atoms with Gasteiger partial charge in [0.1, 0.15) is 5.82 Å². The van der Waals surface area contributed by atoms with Gasteiger partial charge in [0.2, 0.25) is 5.91 Å². The van der Waals surface area contributed by atoms with E-state index in [9.17, 15) is 9.18 Å². The normalized spacial score (nSPS) is 20.8. The summed E-state index contributed by atoms with van der Waals surface area (Å²) in [7, 11) is 0. The monoisotopic (exact) mass is 278 g/mol. The maximum Gasteiger partial charge on any atom is 0.225 e. The van der Waals surface area contributed by atoms with Gasteiger partial charge >= 0.3 is 0 Å². The SMILES string of the molecule is CC1CN(C(=O)C(C)CCc2ccccc2F)CCN1. The molecule has 1 amide bonds. The molecule has 2 atom stereocenters. The summed E-state index contributed by atoms with van der Waals surface area (Å²) in [6, 6.07) is 7.14. The third-order valence-electron chi connectivity index (χ3n) is 3.91. The molecule has 2 rings (SSSR count). The molecule has 2 unspecified atom stereocenters. The summed E-state index contributed by atoms with van der Waals surface area (Å²) in [5.74, 6) is -0.0439. The van der Waals surface area contributed by atoms with Gasteiger partial charge in [-0.3, -0.25) is 4.79 Å². The van der Waals surface area contributed by atoms with E-state index in [0.29, 0.717) is 24.4 Å². The fraction of sp³-hybridized carbons (Fsp3) is 0.562. The number of nitrogens with one attached hydrogen (secondary N) is 1. The van der Waals surface area contributed by atoms with Crippen LogP contribution in [0.15, 0.2) is 24.3 Å². The molecule has 4 heteroatoms. The zero-order valence-electron chi connectivity index (χ0n) is 12.2. The van der Waals surface area contributed by atoms with Gasteiger partial charge in [-0.15, -0.1) is 0 Å². The van der Waals surface area contributed by atoms with E-state index >= 15 is 0 Å². The highest BCUT2D eigenvalue weighted by molar-refractivity contribution is 5.78. The van der Waals surface area contributed by atoms with E-state index in [1.54, 1.807) is 12.1 Å². The van der Waals surface area contributed by atoms with Crippen molar-refractivity contribution in [1.82, 2.24) is 10.2 Å². The fourth-order valence-electron chi connectivity index (χ4n) is 2.64. The summed E-state index contributed by atoms with van der Waals surface area (Å²) >= 11 is 0. The molecule has 0 bridgehead atoms. The molecular formula is C16H23FN2O. The summed E-state index contributed by atoms with van der Waals surface area (Å²) in [6.45, 7) is 6.42. The Morgan fingerprint density at radius 1 is 1.50 bits per heavy atom. The maximum absolute atomic E-state index is 13.5. The largest absolute Gasteiger partial charge is 0.340 e. The molecule has 110 valence electrons. The topological polar surface area (TPSA) is 32.3 Å². The van der Waals surface area contributed by atoms with Crippen molar-refractivity contribution in [2.45, 2.75) is 32.7 Å². The lowest BCUT2D eigenvalue weighted by atomic mass is 9.99. The number of carbonyl (C=O) groups excluding carboxylic acids is 1. The van der Waals surface area contributed by atoms with Crippen LogP contribution in [-0.4, -0.2) is 36.5 Å². The molecule has 3 nitrogen and oxygen atoms in total. The summed E-state index contributed by atoms with van der Waals surface area (Å²) in [4.78, 5) is 14.3. The van der Waals surface area contributed by atoms with Crippen LogP contribution in [0.3, 0.4) is 0 Å². The van der Waals surface area contributed by atoms with Crippen molar-refractivity contribution in [2.24, 2.45) is 5.92 Å². The average Bonchev–Trinajstić information content (AvgIpc) is 2.45. The standard InChI is InChI=1S/C16H23FN2O/c1-12(7-8-14-5-3-4-6-15(14)17)16(20)19-10-9-18-13(2)11-19/h3-6,12-13,18H,7-11H2,1-2H3. The molecule has 1 saturated heterocycles. The van der Waals surface area contributed by atoms with Crippen LogP contribution in [-0.2, 0) is 11.2 Å². The van der Waals surface area contributed by atoms with Crippen molar-refractivity contribution in [1.29, 1.82) is 0 Å². The molecule has 1 heterocycles. The zero-order valence-corrected chi connectivity index (χ0v) is 12.2. The molecule has 1 aromatic carbocycles. The van der Waals surface area contributed by atoms with Gasteiger partial charge in [0.05, 0.1) is 0 Å². The number of hydrogen-bond donors (Lipinski definition) is 1. The first-order valence-corrected chi connectivity index (χ1v) is 7.33. The molecule has 1 N–H and O–H groups in total. The molecule has 1 aromatic rings. The van der Waals surface area contributed by atoms with E-state index in [4.69, 9.17) is 0 Å². The van der Waals surface area contributed by atoms with E-state index in [2.05, 4.69) is 12.2 Å². The molecule has 1 aliphatic rings. The molecule has 0 radical (unpaired) electrons. The van der Waals surface area contributed by atoms with Crippen LogP contribution in [0.5, 0.6) is 0 Å². The number of benzene rings is 1. The Kier molecular flexibility index (Phi) is 5.12. The minimum absolute atomic E-state index is 0.0556. The predicted octanol–water partition coefficient (Wildman–Crippen LogP) is 2.21. The smallest absolute Gasteiger partial charge is 0.225 e. The molecule has 20 heavy (non-hydrogen) atoms. The molecule has 0 aliphatic carbocycles. The summed E-state index contributed by atoms with van der Waals surface area (Å²) in [6.07, 6.45) is 1.30. The molecule has 0 saturated carbocycles. The zero-order chi connectivity index (χ0) is 14.5. The van der Waals surface area contributed by atoms with Gasteiger partial charge in [-0.1, -0.05) is 25.1 Å². The predicted molar refractivity (Wildman–Crippen MR) is 77.9 cm³/mol. The molecule has 0 spiro atoms. The Morgan fingerprint density at radius 2 is 2.25 bits per heavy atom. The van der Waals surface area contributed by atoms with Crippen LogP contribution in [0.1, 0.15) is 25.8 Å². The fourth-order valence-corrected chi connectivity index (χ4v) is 2.64. The van der Waals surface area contributed by atoms with Crippen molar-refractivity contribution in [3.8, 4) is 0 Å². The van der Waals surface area contributed by atoms with Gasteiger partial charge in [-0.2, -0.15) is 0 Å². The second-order valence-corrected chi connectivity index (χ2v) is 5.67. The Balaban J connectivity index is 1.86. The highest BCUT2D eigenvalue weighted by atomic mass is 19.1. The highest BCUT2D eigenvalue weighted by Gasteiger charge is 2.24. The first-order valence-electron chi connectivity index (χ1n) is 7.33. The third-order valence-corrected chi connectivity index (χ3v) is 3.91. The lowest BCUT2D eigenvalue weighted by molar-refractivity contribution is -0.136. The number of hydrogen-bond acceptors (Lipinski definition) is 2. The van der Waals surface area contributed by atoms with Crippen LogP contribution in [0.4, 0.5) is 4.39 Å². The number of halogens is 1. The molecule has 0 aromatic heterocycles. The van der Waals surface area contributed by atoms with Gasteiger partial charge < -0.3 is 10.2 Å². The van der Waals surface area contributed by atoms with Crippen LogP contribution in [0.25, 0.3) is 0 Å². The van der Waals surface area contributed by atoms with Gasteiger partial charge in [0, 0.05) is 31.6 Å². The number of carbonyl (C=O) groups is 1. The van der Waals surface area contributed by atoms with Crippen molar-refractivity contribution < 1.29 is 9.18 Å². The van der Waals surface area contributed by atoms with Gasteiger partial charge in [0.25, 0.3) is 0 Å². The van der Waals surface area contributed by atoms with Crippen LogP contribution in [0.2, 0.25) is 0 Å². The van der Waals surface area contributed by atoms with Crippen LogP contribution in [0, 0.1) is 11.7 Å².